The van der Waals surface area contributed by atoms with Crippen molar-refractivity contribution < 1.29 is 4.74 Å². The summed E-state index contributed by atoms with van der Waals surface area (Å²) in [6.45, 7) is 2.21. The van der Waals surface area contributed by atoms with Gasteiger partial charge in [0.2, 0.25) is 0 Å². The zero-order chi connectivity index (χ0) is 38.1. The second-order valence-corrected chi connectivity index (χ2v) is 13.8. The molecule has 0 heterocycles. The number of hydrogen-bond acceptors (Lipinski definition) is 2. The Morgan fingerprint density at radius 2 is 0.875 bits per heavy atom. The summed E-state index contributed by atoms with van der Waals surface area (Å²) >= 11 is 0. The summed E-state index contributed by atoms with van der Waals surface area (Å²) in [4.78, 5) is 2.34. The Bertz CT molecular complexity index is 2540. The summed E-state index contributed by atoms with van der Waals surface area (Å²) in [6, 6.07) is 72.8. The van der Waals surface area contributed by atoms with Crippen molar-refractivity contribution in [2.24, 2.45) is 0 Å². The van der Waals surface area contributed by atoms with E-state index in [0.29, 0.717) is 0 Å². The fourth-order valence-electron chi connectivity index (χ4n) is 7.33. The number of anilines is 3. The largest absolute Gasteiger partial charge is 0.497 e. The fraction of sp³-hybridized carbons (Fsp3) is 0.0370. The second-order valence-electron chi connectivity index (χ2n) is 13.8. The van der Waals surface area contributed by atoms with Crippen LogP contribution in [0.2, 0.25) is 0 Å². The smallest absolute Gasteiger partial charge is 0.119 e. The van der Waals surface area contributed by atoms with Crippen molar-refractivity contribution in [2.45, 2.75) is 6.92 Å². The topological polar surface area (TPSA) is 12.5 Å². The van der Waals surface area contributed by atoms with Gasteiger partial charge in [0.05, 0.1) is 12.8 Å². The third-order valence-electron chi connectivity index (χ3n) is 10.2. The number of hydrogen-bond donors (Lipinski definition) is 0. The zero-order valence-electron chi connectivity index (χ0n) is 31.7. The standard InChI is InChI=1S/C54H43NO/c1-40(27-36-50(42-17-7-3-8-18-42)43-19-9-4-10-20-43)49-37-38-54(52-26-16-15-25-51(49)52)55(47-32-34-48(56-2)35-33-47)46-30-28-41(29-31-46)39-53(44-21-11-5-12-22-44)45-23-13-6-14-24-45/h3-39H,1-2H3/b40-27+. The lowest BCUT2D eigenvalue weighted by Crippen LogP contribution is -2.10. The van der Waals surface area contributed by atoms with Gasteiger partial charge in [0.15, 0.2) is 0 Å². The minimum absolute atomic E-state index is 0.822. The van der Waals surface area contributed by atoms with Gasteiger partial charge in [-0.15, -0.1) is 0 Å². The molecule has 8 aromatic carbocycles. The predicted octanol–water partition coefficient (Wildman–Crippen LogP) is 14.4. The average molecular weight is 722 g/mol. The highest BCUT2D eigenvalue weighted by atomic mass is 16.5. The Kier molecular flexibility index (Phi) is 10.8. The SMILES string of the molecule is COc1ccc(N(c2ccc(C=C(c3ccccc3)c3ccccc3)cc2)c2ccc(/C(C)=C/C=C(c3ccccc3)c3ccccc3)c3ccccc23)cc1. The molecule has 56 heavy (non-hydrogen) atoms. The van der Waals surface area contributed by atoms with Crippen LogP contribution in [0.25, 0.3) is 33.6 Å². The maximum absolute atomic E-state index is 5.56. The number of nitrogens with zero attached hydrogens (tertiary/aromatic N) is 1. The molecule has 2 nitrogen and oxygen atoms in total. The molecule has 8 rings (SSSR count). The minimum Gasteiger partial charge on any atom is -0.497 e. The third-order valence-corrected chi connectivity index (χ3v) is 10.2. The van der Waals surface area contributed by atoms with Crippen LogP contribution in [-0.4, -0.2) is 7.11 Å². The summed E-state index contributed by atoms with van der Waals surface area (Å²) < 4.78 is 5.56. The molecule has 0 unspecified atom stereocenters. The van der Waals surface area contributed by atoms with Gasteiger partial charge < -0.3 is 9.64 Å². The summed E-state index contributed by atoms with van der Waals surface area (Å²) in [5, 5.41) is 2.37. The van der Waals surface area contributed by atoms with Gasteiger partial charge in [-0.25, -0.2) is 0 Å². The number of benzene rings is 8. The highest BCUT2D eigenvalue weighted by Gasteiger charge is 2.18. The van der Waals surface area contributed by atoms with E-state index >= 15 is 0 Å². The van der Waals surface area contributed by atoms with E-state index in [-0.39, 0.29) is 0 Å². The molecule has 270 valence electrons. The first kappa shape index (κ1) is 35.8. The lowest BCUT2D eigenvalue weighted by Gasteiger charge is -2.28. The maximum atomic E-state index is 5.56. The molecule has 0 aliphatic heterocycles. The van der Waals surface area contributed by atoms with Crippen molar-refractivity contribution in [1.29, 1.82) is 0 Å². The van der Waals surface area contributed by atoms with Crippen LogP contribution in [0.1, 0.15) is 40.3 Å². The van der Waals surface area contributed by atoms with Crippen molar-refractivity contribution in [3.05, 3.63) is 252 Å². The predicted molar refractivity (Wildman–Crippen MR) is 239 cm³/mol. The van der Waals surface area contributed by atoms with Crippen molar-refractivity contribution >= 4 is 50.6 Å². The fourth-order valence-corrected chi connectivity index (χ4v) is 7.33. The number of ether oxygens (including phenoxy) is 1. The number of methoxy groups -OCH3 is 1. The van der Waals surface area contributed by atoms with E-state index < -0.39 is 0 Å². The van der Waals surface area contributed by atoms with Crippen molar-refractivity contribution in [3.63, 3.8) is 0 Å². The maximum Gasteiger partial charge on any atom is 0.119 e. The van der Waals surface area contributed by atoms with Crippen LogP contribution in [0.4, 0.5) is 17.1 Å². The first-order valence-corrected chi connectivity index (χ1v) is 19.0. The van der Waals surface area contributed by atoms with E-state index in [9.17, 15) is 0 Å². The highest BCUT2D eigenvalue weighted by molar-refractivity contribution is 6.04. The first-order chi connectivity index (χ1) is 27.7. The molecule has 0 fully saturated rings. The lowest BCUT2D eigenvalue weighted by molar-refractivity contribution is 0.415. The Morgan fingerprint density at radius 1 is 0.429 bits per heavy atom. The second kappa shape index (κ2) is 16.9. The van der Waals surface area contributed by atoms with Gasteiger partial charge in [-0.05, 0) is 111 Å². The molecule has 0 aromatic heterocycles. The monoisotopic (exact) mass is 721 g/mol. The number of rotatable bonds is 11. The van der Waals surface area contributed by atoms with E-state index in [0.717, 1.165) is 28.4 Å². The molecule has 8 aromatic rings. The first-order valence-electron chi connectivity index (χ1n) is 19.0. The molecule has 0 saturated heterocycles. The highest BCUT2D eigenvalue weighted by Crippen LogP contribution is 2.42. The number of allylic oxidation sites excluding steroid dienone is 3. The summed E-state index contributed by atoms with van der Waals surface area (Å²) in [7, 11) is 1.71. The molecule has 0 aliphatic carbocycles. The molecular weight excluding hydrogens is 679 g/mol. The summed E-state index contributed by atoms with van der Waals surface area (Å²) in [5.41, 5.74) is 13.9. The Morgan fingerprint density at radius 3 is 1.38 bits per heavy atom. The molecule has 0 saturated carbocycles. The third kappa shape index (κ3) is 7.87. The molecule has 0 amide bonds. The Labute approximate surface area is 330 Å². The normalized spacial score (nSPS) is 11.1. The molecule has 0 N–H and O–H groups in total. The van der Waals surface area contributed by atoms with E-state index in [1.165, 1.54) is 55.3 Å². The van der Waals surface area contributed by atoms with Gasteiger partial charge in [-0.2, -0.15) is 0 Å². The van der Waals surface area contributed by atoms with Crippen LogP contribution >= 0.6 is 0 Å². The molecule has 0 spiro atoms. The molecule has 0 aliphatic rings. The van der Waals surface area contributed by atoms with Crippen LogP contribution in [-0.2, 0) is 0 Å². The van der Waals surface area contributed by atoms with Crippen LogP contribution < -0.4 is 9.64 Å². The Balaban J connectivity index is 1.21. The van der Waals surface area contributed by atoms with E-state index in [2.05, 4.69) is 224 Å². The van der Waals surface area contributed by atoms with Crippen LogP contribution in [0, 0.1) is 0 Å². The van der Waals surface area contributed by atoms with Gasteiger partial charge in [-0.3, -0.25) is 0 Å². The zero-order valence-corrected chi connectivity index (χ0v) is 31.7. The van der Waals surface area contributed by atoms with Gasteiger partial charge in [0, 0.05) is 16.8 Å². The van der Waals surface area contributed by atoms with Crippen LogP contribution in [0.3, 0.4) is 0 Å². The minimum atomic E-state index is 0.822. The van der Waals surface area contributed by atoms with E-state index in [1.54, 1.807) is 7.11 Å². The van der Waals surface area contributed by atoms with Gasteiger partial charge >= 0.3 is 0 Å². The van der Waals surface area contributed by atoms with Gasteiger partial charge in [-0.1, -0.05) is 176 Å². The van der Waals surface area contributed by atoms with E-state index in [4.69, 9.17) is 4.74 Å². The summed E-state index contributed by atoms with van der Waals surface area (Å²) in [5.74, 6) is 0.822. The summed E-state index contributed by atoms with van der Waals surface area (Å²) in [6.07, 6.45) is 6.79. The molecule has 2 heteroatoms. The van der Waals surface area contributed by atoms with Crippen molar-refractivity contribution in [3.8, 4) is 5.75 Å². The molecular formula is C54H43NO. The Hall–Kier alpha value is -7.16. The quantitative estimate of drug-likeness (QED) is 0.0974. The van der Waals surface area contributed by atoms with Crippen LogP contribution in [0.15, 0.2) is 218 Å². The van der Waals surface area contributed by atoms with Crippen molar-refractivity contribution in [1.82, 2.24) is 0 Å². The molecule has 0 radical (unpaired) electrons. The molecule has 0 bridgehead atoms. The lowest BCUT2D eigenvalue weighted by atomic mass is 9.94. The van der Waals surface area contributed by atoms with Crippen LogP contribution in [0.5, 0.6) is 5.75 Å². The average Bonchev–Trinajstić information content (AvgIpc) is 3.27. The number of fused-ring (bicyclic) bond motifs is 1. The van der Waals surface area contributed by atoms with Gasteiger partial charge in [0.25, 0.3) is 0 Å². The molecule has 0 atom stereocenters. The van der Waals surface area contributed by atoms with Gasteiger partial charge in [0.1, 0.15) is 5.75 Å². The van der Waals surface area contributed by atoms with Crippen molar-refractivity contribution in [2.75, 3.05) is 12.0 Å². The van der Waals surface area contributed by atoms with E-state index in [1.807, 2.05) is 12.1 Å².